The lowest BCUT2D eigenvalue weighted by molar-refractivity contribution is -0.114. The monoisotopic (exact) mass is 344 g/mol. The highest BCUT2D eigenvalue weighted by Gasteiger charge is 2.08. The Bertz CT molecular complexity index is 865. The number of hydrogen-bond acceptors (Lipinski definition) is 2. The summed E-state index contributed by atoms with van der Waals surface area (Å²) in [6.45, 7) is 0.140. The molecular weight excluding hydrogens is 331 g/mol. The van der Waals surface area contributed by atoms with Gasteiger partial charge >= 0.3 is 0 Å². The standard InChI is InChI=1S/C18H14Cl2N2O/c19-15-6-3-7-16(18(15)20)22-17(23)11-21-14-9-8-12-4-1-2-5-13(12)10-14/h1-10,21H,11H2,(H,22,23). The summed E-state index contributed by atoms with van der Waals surface area (Å²) in [6, 6.07) is 19.2. The lowest BCUT2D eigenvalue weighted by Crippen LogP contribution is -2.21. The summed E-state index contributed by atoms with van der Waals surface area (Å²) < 4.78 is 0. The summed E-state index contributed by atoms with van der Waals surface area (Å²) in [7, 11) is 0. The minimum absolute atomic E-state index is 0.140. The van der Waals surface area contributed by atoms with Gasteiger partial charge in [0.05, 0.1) is 22.3 Å². The molecule has 0 aromatic heterocycles. The SMILES string of the molecule is O=C(CNc1ccc2ccccc2c1)Nc1cccc(Cl)c1Cl. The van der Waals surface area contributed by atoms with Crippen LogP contribution >= 0.6 is 23.2 Å². The van der Waals surface area contributed by atoms with Gasteiger partial charge in [0.1, 0.15) is 0 Å². The molecule has 0 spiro atoms. The van der Waals surface area contributed by atoms with Crippen LogP contribution in [0.15, 0.2) is 60.7 Å². The number of nitrogens with one attached hydrogen (secondary N) is 2. The number of hydrogen-bond donors (Lipinski definition) is 2. The second-order valence-corrected chi connectivity index (χ2v) is 5.85. The van der Waals surface area contributed by atoms with Crippen molar-refractivity contribution in [2.24, 2.45) is 0 Å². The van der Waals surface area contributed by atoms with E-state index in [9.17, 15) is 4.79 Å². The van der Waals surface area contributed by atoms with E-state index in [2.05, 4.69) is 10.6 Å². The third-order valence-electron chi connectivity index (χ3n) is 3.43. The molecular formula is C18H14Cl2N2O. The molecule has 0 fully saturated rings. The van der Waals surface area contributed by atoms with Gasteiger partial charge in [-0.25, -0.2) is 0 Å². The first-order valence-corrected chi connectivity index (χ1v) is 7.85. The molecule has 3 nitrogen and oxygen atoms in total. The first-order chi connectivity index (χ1) is 11.1. The van der Waals surface area contributed by atoms with Crippen LogP contribution in [0.5, 0.6) is 0 Å². The Labute approximate surface area is 144 Å². The highest BCUT2D eigenvalue weighted by molar-refractivity contribution is 6.44. The van der Waals surface area contributed by atoms with Gasteiger partial charge in [0, 0.05) is 5.69 Å². The molecule has 5 heteroatoms. The third kappa shape index (κ3) is 3.76. The smallest absolute Gasteiger partial charge is 0.243 e. The molecule has 0 atom stereocenters. The van der Waals surface area contributed by atoms with Crippen molar-refractivity contribution in [2.45, 2.75) is 0 Å². The molecule has 0 aliphatic heterocycles. The zero-order chi connectivity index (χ0) is 16.2. The Morgan fingerprint density at radius 2 is 1.70 bits per heavy atom. The molecule has 3 aromatic rings. The van der Waals surface area contributed by atoms with Crippen molar-refractivity contribution < 1.29 is 4.79 Å². The van der Waals surface area contributed by atoms with Crippen LogP contribution in [-0.2, 0) is 4.79 Å². The summed E-state index contributed by atoms with van der Waals surface area (Å²) in [4.78, 5) is 12.0. The van der Waals surface area contributed by atoms with Crippen LogP contribution in [0.3, 0.4) is 0 Å². The van der Waals surface area contributed by atoms with Crippen LogP contribution in [0.25, 0.3) is 10.8 Å². The predicted octanol–water partition coefficient (Wildman–Crippen LogP) is 5.20. The molecule has 0 radical (unpaired) electrons. The van der Waals surface area contributed by atoms with Gasteiger partial charge in [0.2, 0.25) is 5.91 Å². The lowest BCUT2D eigenvalue weighted by atomic mass is 10.1. The number of benzene rings is 3. The topological polar surface area (TPSA) is 41.1 Å². The van der Waals surface area contributed by atoms with Crippen LogP contribution in [-0.4, -0.2) is 12.5 Å². The molecule has 0 aliphatic rings. The highest BCUT2D eigenvalue weighted by atomic mass is 35.5. The number of rotatable bonds is 4. The van der Waals surface area contributed by atoms with E-state index in [1.807, 2.05) is 42.5 Å². The average molecular weight is 345 g/mol. The molecule has 0 bridgehead atoms. The quantitative estimate of drug-likeness (QED) is 0.683. The molecule has 0 heterocycles. The Morgan fingerprint density at radius 3 is 2.52 bits per heavy atom. The van der Waals surface area contributed by atoms with E-state index in [0.29, 0.717) is 15.7 Å². The van der Waals surface area contributed by atoms with Crippen molar-refractivity contribution in [3.8, 4) is 0 Å². The van der Waals surface area contributed by atoms with Crippen LogP contribution in [0.2, 0.25) is 10.0 Å². The van der Waals surface area contributed by atoms with E-state index in [4.69, 9.17) is 23.2 Å². The minimum atomic E-state index is -0.192. The Hall–Kier alpha value is -2.23. The second-order valence-electron chi connectivity index (χ2n) is 5.07. The number of fused-ring (bicyclic) bond motifs is 1. The zero-order valence-electron chi connectivity index (χ0n) is 12.1. The number of anilines is 2. The molecule has 23 heavy (non-hydrogen) atoms. The summed E-state index contributed by atoms with van der Waals surface area (Å²) in [5.41, 5.74) is 1.39. The predicted molar refractivity (Wildman–Crippen MR) is 97.5 cm³/mol. The van der Waals surface area contributed by atoms with Crippen LogP contribution in [0.4, 0.5) is 11.4 Å². The summed E-state index contributed by atoms with van der Waals surface area (Å²) in [5, 5.41) is 8.88. The van der Waals surface area contributed by atoms with Crippen LogP contribution in [0, 0.1) is 0 Å². The number of halogens is 2. The highest BCUT2D eigenvalue weighted by Crippen LogP contribution is 2.29. The molecule has 116 valence electrons. The van der Waals surface area contributed by atoms with Gasteiger partial charge in [0.25, 0.3) is 0 Å². The normalized spacial score (nSPS) is 10.5. The van der Waals surface area contributed by atoms with Gasteiger partial charge in [-0.3, -0.25) is 4.79 Å². The van der Waals surface area contributed by atoms with Gasteiger partial charge in [-0.05, 0) is 35.0 Å². The maximum absolute atomic E-state index is 12.0. The van der Waals surface area contributed by atoms with Gasteiger partial charge in [0.15, 0.2) is 0 Å². The van der Waals surface area contributed by atoms with E-state index >= 15 is 0 Å². The van der Waals surface area contributed by atoms with Crippen molar-refractivity contribution in [1.82, 2.24) is 0 Å². The molecule has 0 saturated heterocycles. The molecule has 0 aliphatic carbocycles. The first-order valence-electron chi connectivity index (χ1n) is 7.10. The molecule has 3 aromatic carbocycles. The maximum Gasteiger partial charge on any atom is 0.243 e. The summed E-state index contributed by atoms with van der Waals surface area (Å²) >= 11 is 12.0. The third-order valence-corrected chi connectivity index (χ3v) is 4.25. The average Bonchev–Trinajstić information content (AvgIpc) is 2.57. The van der Waals surface area contributed by atoms with Gasteiger partial charge in [-0.2, -0.15) is 0 Å². The Morgan fingerprint density at radius 1 is 0.913 bits per heavy atom. The van der Waals surface area contributed by atoms with E-state index < -0.39 is 0 Å². The number of carbonyl (C=O) groups is 1. The molecule has 3 rings (SSSR count). The number of amides is 1. The van der Waals surface area contributed by atoms with Gasteiger partial charge in [-0.1, -0.05) is 59.6 Å². The lowest BCUT2D eigenvalue weighted by Gasteiger charge is -2.10. The van der Waals surface area contributed by atoms with E-state index in [0.717, 1.165) is 16.5 Å². The second kappa shape index (κ2) is 6.90. The van der Waals surface area contributed by atoms with Crippen molar-refractivity contribution in [1.29, 1.82) is 0 Å². The number of carbonyl (C=O) groups excluding carboxylic acids is 1. The molecule has 0 unspecified atom stereocenters. The van der Waals surface area contributed by atoms with Crippen LogP contribution < -0.4 is 10.6 Å². The first kappa shape index (κ1) is 15.7. The molecule has 2 N–H and O–H groups in total. The van der Waals surface area contributed by atoms with Crippen molar-refractivity contribution in [3.05, 3.63) is 70.7 Å². The fourth-order valence-electron chi connectivity index (χ4n) is 2.28. The van der Waals surface area contributed by atoms with E-state index in [-0.39, 0.29) is 12.5 Å². The summed E-state index contributed by atoms with van der Waals surface area (Å²) in [5.74, 6) is -0.192. The fraction of sp³-hybridized carbons (Fsp3) is 0.0556. The van der Waals surface area contributed by atoms with Gasteiger partial charge in [-0.15, -0.1) is 0 Å². The van der Waals surface area contributed by atoms with E-state index in [1.54, 1.807) is 18.2 Å². The Balaban J connectivity index is 1.65. The molecule has 0 saturated carbocycles. The zero-order valence-corrected chi connectivity index (χ0v) is 13.7. The van der Waals surface area contributed by atoms with Crippen molar-refractivity contribution in [3.63, 3.8) is 0 Å². The minimum Gasteiger partial charge on any atom is -0.376 e. The van der Waals surface area contributed by atoms with Crippen molar-refractivity contribution >= 4 is 51.3 Å². The molecule has 1 amide bonds. The maximum atomic E-state index is 12.0. The van der Waals surface area contributed by atoms with Gasteiger partial charge < -0.3 is 10.6 Å². The van der Waals surface area contributed by atoms with E-state index in [1.165, 1.54) is 0 Å². The Kier molecular flexibility index (Phi) is 4.70. The van der Waals surface area contributed by atoms with Crippen molar-refractivity contribution in [2.75, 3.05) is 17.2 Å². The summed E-state index contributed by atoms with van der Waals surface area (Å²) in [6.07, 6.45) is 0. The largest absolute Gasteiger partial charge is 0.376 e. The fourth-order valence-corrected chi connectivity index (χ4v) is 2.62. The van der Waals surface area contributed by atoms with Crippen LogP contribution in [0.1, 0.15) is 0 Å².